The fourth-order valence-electron chi connectivity index (χ4n) is 3.39. The monoisotopic (exact) mass is 438 g/mol. The van der Waals surface area contributed by atoms with E-state index in [0.29, 0.717) is 16.9 Å². The zero-order chi connectivity index (χ0) is 22.9. The molecule has 5 atom stereocenters. The minimum Gasteiger partial charge on any atom is -0.507 e. The standard InChI is InChI=1S/C21H26O10/c1-9(7-22)3-4-11-14(6-13(25)16-12(24)5-10(2)29-20(11)16)30-21-19(28)18(27)17(26)15(8-23)31-21/h3,5-6,15,17-19,21-23,25-28H,4,7-8H2,1-2H3/t15-,17-,18+,19-,21-/m1/s1. The number of hydrogen-bond donors (Lipinski definition) is 6. The van der Waals surface area contributed by atoms with Crippen LogP contribution in [0.25, 0.3) is 11.0 Å². The van der Waals surface area contributed by atoms with Gasteiger partial charge in [0.2, 0.25) is 6.29 Å². The number of rotatable bonds is 6. The second-order valence-corrected chi connectivity index (χ2v) is 7.53. The zero-order valence-electron chi connectivity index (χ0n) is 17.1. The van der Waals surface area contributed by atoms with Crippen molar-refractivity contribution in [2.75, 3.05) is 13.2 Å². The van der Waals surface area contributed by atoms with Gasteiger partial charge in [-0.2, -0.15) is 0 Å². The van der Waals surface area contributed by atoms with Crippen molar-refractivity contribution in [3.8, 4) is 11.5 Å². The number of allylic oxidation sites excluding steroid dienone is 1. The maximum absolute atomic E-state index is 12.4. The van der Waals surface area contributed by atoms with Crippen LogP contribution in [0.1, 0.15) is 18.2 Å². The summed E-state index contributed by atoms with van der Waals surface area (Å²) in [4.78, 5) is 12.4. The average molecular weight is 438 g/mol. The average Bonchev–Trinajstić information content (AvgIpc) is 2.72. The van der Waals surface area contributed by atoms with Gasteiger partial charge in [0, 0.05) is 17.7 Å². The summed E-state index contributed by atoms with van der Waals surface area (Å²) >= 11 is 0. The summed E-state index contributed by atoms with van der Waals surface area (Å²) < 4.78 is 16.8. The summed E-state index contributed by atoms with van der Waals surface area (Å²) in [7, 11) is 0. The molecule has 1 saturated heterocycles. The van der Waals surface area contributed by atoms with Crippen molar-refractivity contribution in [1.29, 1.82) is 0 Å². The lowest BCUT2D eigenvalue weighted by Gasteiger charge is -2.39. The quantitative estimate of drug-likeness (QED) is 0.322. The molecule has 1 aliphatic rings. The molecular formula is C21H26O10. The summed E-state index contributed by atoms with van der Waals surface area (Å²) in [6, 6.07) is 2.40. The topological polar surface area (TPSA) is 170 Å². The molecule has 31 heavy (non-hydrogen) atoms. The predicted octanol–water partition coefficient (Wildman–Crippen LogP) is -0.533. The van der Waals surface area contributed by atoms with E-state index in [4.69, 9.17) is 13.9 Å². The van der Waals surface area contributed by atoms with Gasteiger partial charge in [0.15, 0.2) is 5.43 Å². The molecule has 0 unspecified atom stereocenters. The molecule has 6 N–H and O–H groups in total. The highest BCUT2D eigenvalue weighted by Gasteiger charge is 2.45. The Morgan fingerprint density at radius 3 is 2.52 bits per heavy atom. The van der Waals surface area contributed by atoms with E-state index in [9.17, 15) is 35.4 Å². The lowest BCUT2D eigenvalue weighted by molar-refractivity contribution is -0.277. The van der Waals surface area contributed by atoms with Crippen LogP contribution in [0.3, 0.4) is 0 Å². The fraction of sp³-hybridized carbons (Fsp3) is 0.476. The van der Waals surface area contributed by atoms with Crippen LogP contribution < -0.4 is 10.2 Å². The Kier molecular flexibility index (Phi) is 6.99. The third kappa shape index (κ3) is 4.59. The lowest BCUT2D eigenvalue weighted by atomic mass is 9.99. The number of phenolic OH excluding ortho intramolecular Hbond substituents is 1. The Morgan fingerprint density at radius 2 is 1.87 bits per heavy atom. The third-order valence-electron chi connectivity index (χ3n) is 5.16. The maximum atomic E-state index is 12.4. The fourth-order valence-corrected chi connectivity index (χ4v) is 3.39. The molecule has 10 nitrogen and oxygen atoms in total. The molecule has 3 rings (SSSR count). The van der Waals surface area contributed by atoms with Gasteiger partial charge < -0.3 is 44.5 Å². The van der Waals surface area contributed by atoms with Gasteiger partial charge in [0.25, 0.3) is 0 Å². The molecule has 0 radical (unpaired) electrons. The molecule has 170 valence electrons. The van der Waals surface area contributed by atoms with Crippen molar-refractivity contribution < 1.29 is 44.5 Å². The number of aryl methyl sites for hydroxylation is 1. The number of fused-ring (bicyclic) bond motifs is 1. The van der Waals surface area contributed by atoms with Gasteiger partial charge in [0.1, 0.15) is 52.6 Å². The van der Waals surface area contributed by atoms with Crippen molar-refractivity contribution in [2.45, 2.75) is 51.0 Å². The molecule has 0 aliphatic carbocycles. The Labute approximate surface area is 177 Å². The molecule has 2 aromatic rings. The zero-order valence-corrected chi connectivity index (χ0v) is 17.1. The SMILES string of the molecule is CC(=CCc1c(O[C@@H]2O[C@H](CO)[C@@H](O)[C@H](O)[C@H]2O)cc(O)c2c(=O)cc(C)oc12)CO. The Hall–Kier alpha value is -2.47. The van der Waals surface area contributed by atoms with Crippen LogP contribution >= 0.6 is 0 Å². The number of benzene rings is 1. The number of ether oxygens (including phenoxy) is 2. The van der Waals surface area contributed by atoms with E-state index in [1.54, 1.807) is 19.9 Å². The first kappa shape index (κ1) is 23.2. The van der Waals surface area contributed by atoms with Crippen molar-refractivity contribution in [3.63, 3.8) is 0 Å². The molecule has 2 heterocycles. The summed E-state index contributed by atoms with van der Waals surface area (Å²) in [6.07, 6.45) is -5.73. The van der Waals surface area contributed by atoms with E-state index in [1.807, 2.05) is 0 Å². The predicted molar refractivity (Wildman–Crippen MR) is 108 cm³/mol. The summed E-state index contributed by atoms with van der Waals surface area (Å²) in [5.74, 6) is -0.133. The third-order valence-corrected chi connectivity index (χ3v) is 5.16. The first-order valence-corrected chi connectivity index (χ1v) is 9.70. The number of aromatic hydroxyl groups is 1. The molecule has 0 amide bonds. The van der Waals surface area contributed by atoms with Gasteiger partial charge in [-0.3, -0.25) is 4.79 Å². The van der Waals surface area contributed by atoms with Crippen molar-refractivity contribution in [3.05, 3.63) is 45.3 Å². The second kappa shape index (κ2) is 9.35. The highest BCUT2D eigenvalue weighted by atomic mass is 16.7. The van der Waals surface area contributed by atoms with Crippen LogP contribution in [0.5, 0.6) is 11.5 Å². The van der Waals surface area contributed by atoms with E-state index in [1.165, 1.54) is 6.07 Å². The van der Waals surface area contributed by atoms with Gasteiger partial charge in [-0.1, -0.05) is 11.6 Å². The molecule has 10 heteroatoms. The summed E-state index contributed by atoms with van der Waals surface area (Å²) in [5.41, 5.74) is 0.569. The van der Waals surface area contributed by atoms with Gasteiger partial charge in [-0.25, -0.2) is 0 Å². The van der Waals surface area contributed by atoms with E-state index in [2.05, 4.69) is 0 Å². The normalized spacial score (nSPS) is 26.9. The molecule has 1 aromatic heterocycles. The van der Waals surface area contributed by atoms with Crippen LogP contribution in [0.15, 0.2) is 33.0 Å². The number of aliphatic hydroxyl groups is 5. The Bertz CT molecular complexity index is 1020. The first-order valence-electron chi connectivity index (χ1n) is 9.70. The molecule has 1 fully saturated rings. The lowest BCUT2D eigenvalue weighted by Crippen LogP contribution is -2.60. The number of hydrogen-bond acceptors (Lipinski definition) is 10. The minimum atomic E-state index is -1.66. The van der Waals surface area contributed by atoms with Crippen LogP contribution in [0, 0.1) is 6.92 Å². The van der Waals surface area contributed by atoms with Crippen LogP contribution in [-0.4, -0.2) is 74.6 Å². The van der Waals surface area contributed by atoms with Crippen LogP contribution in [-0.2, 0) is 11.2 Å². The van der Waals surface area contributed by atoms with Gasteiger partial charge >= 0.3 is 0 Å². The molecule has 0 spiro atoms. The first-order chi connectivity index (χ1) is 14.7. The molecule has 1 aliphatic heterocycles. The van der Waals surface area contributed by atoms with Crippen molar-refractivity contribution >= 4 is 11.0 Å². The minimum absolute atomic E-state index is 0.00920. The number of phenols is 1. The Balaban J connectivity index is 2.11. The van der Waals surface area contributed by atoms with Crippen LogP contribution in [0.4, 0.5) is 0 Å². The van der Waals surface area contributed by atoms with Crippen molar-refractivity contribution in [2.24, 2.45) is 0 Å². The maximum Gasteiger partial charge on any atom is 0.229 e. The van der Waals surface area contributed by atoms with Gasteiger partial charge in [-0.15, -0.1) is 0 Å². The van der Waals surface area contributed by atoms with E-state index in [-0.39, 0.29) is 29.7 Å². The Morgan fingerprint density at radius 1 is 1.16 bits per heavy atom. The number of aliphatic hydroxyl groups excluding tert-OH is 5. The summed E-state index contributed by atoms with van der Waals surface area (Å²) in [6.45, 7) is 2.44. The van der Waals surface area contributed by atoms with Crippen LogP contribution in [0.2, 0.25) is 0 Å². The molecule has 1 aromatic carbocycles. The van der Waals surface area contributed by atoms with Crippen molar-refractivity contribution in [1.82, 2.24) is 0 Å². The molecular weight excluding hydrogens is 412 g/mol. The molecule has 0 saturated carbocycles. The molecule has 0 bridgehead atoms. The second-order valence-electron chi connectivity index (χ2n) is 7.53. The smallest absolute Gasteiger partial charge is 0.229 e. The van der Waals surface area contributed by atoms with Gasteiger partial charge in [0.05, 0.1) is 13.2 Å². The van der Waals surface area contributed by atoms with E-state index in [0.717, 1.165) is 6.07 Å². The highest BCUT2D eigenvalue weighted by Crippen LogP contribution is 2.36. The summed E-state index contributed by atoms with van der Waals surface area (Å²) in [5, 5.41) is 59.3. The van der Waals surface area contributed by atoms with E-state index >= 15 is 0 Å². The largest absolute Gasteiger partial charge is 0.507 e. The van der Waals surface area contributed by atoms with E-state index < -0.39 is 48.5 Å². The van der Waals surface area contributed by atoms with Gasteiger partial charge in [-0.05, 0) is 20.3 Å². The highest BCUT2D eigenvalue weighted by molar-refractivity contribution is 5.88.